The van der Waals surface area contributed by atoms with Gasteiger partial charge in [0.1, 0.15) is 11.5 Å². The molecule has 1 amide bonds. The predicted octanol–water partition coefficient (Wildman–Crippen LogP) is 5.04. The average molecular weight is 577 g/mol. The maximum Gasteiger partial charge on any atom is 0.416 e. The molecule has 2 aromatic rings. The van der Waals surface area contributed by atoms with Crippen LogP contribution in [0.3, 0.4) is 0 Å². The van der Waals surface area contributed by atoms with Crippen LogP contribution in [0.2, 0.25) is 0 Å². The fourth-order valence-electron chi connectivity index (χ4n) is 6.05. The number of hydrogen-bond donors (Lipinski definition) is 1. The lowest BCUT2D eigenvalue weighted by molar-refractivity contribution is -0.137. The van der Waals surface area contributed by atoms with Crippen molar-refractivity contribution in [2.45, 2.75) is 57.9 Å². The summed E-state index contributed by atoms with van der Waals surface area (Å²) in [5, 5.41) is 3.04. The number of carbonyl (C=O) groups is 1. The Morgan fingerprint density at radius 2 is 1.68 bits per heavy atom. The normalized spacial score (nSPS) is 20.7. The maximum absolute atomic E-state index is 13.2. The zero-order valence-corrected chi connectivity index (χ0v) is 24.5. The summed E-state index contributed by atoms with van der Waals surface area (Å²) >= 11 is 0. The fraction of sp³-hybridized carbons (Fsp3) is 0.581. The molecule has 41 heavy (non-hydrogen) atoms. The van der Waals surface area contributed by atoms with Crippen LogP contribution in [-0.4, -0.2) is 81.3 Å². The van der Waals surface area contributed by atoms with E-state index in [0.29, 0.717) is 61.2 Å². The Kier molecular flexibility index (Phi) is 10.4. The van der Waals surface area contributed by atoms with Gasteiger partial charge in [-0.15, -0.1) is 0 Å². The van der Waals surface area contributed by atoms with Crippen molar-refractivity contribution in [3.8, 4) is 11.5 Å². The summed E-state index contributed by atoms with van der Waals surface area (Å²) in [6.45, 7) is 9.72. The van der Waals surface area contributed by atoms with Crippen molar-refractivity contribution in [3.63, 3.8) is 0 Å². The molecule has 2 aliphatic rings. The highest BCUT2D eigenvalue weighted by molar-refractivity contribution is 5.75. The number of nitrogens with one attached hydrogen (secondary N) is 1. The van der Waals surface area contributed by atoms with Crippen molar-refractivity contribution in [1.29, 1.82) is 0 Å². The van der Waals surface area contributed by atoms with Crippen LogP contribution in [0.15, 0.2) is 42.5 Å². The minimum atomic E-state index is -4.34. The van der Waals surface area contributed by atoms with Gasteiger partial charge in [-0.3, -0.25) is 9.69 Å². The molecule has 7 nitrogen and oxygen atoms in total. The molecule has 0 spiro atoms. The predicted molar refractivity (Wildman–Crippen MR) is 154 cm³/mol. The van der Waals surface area contributed by atoms with Gasteiger partial charge in [-0.25, -0.2) is 0 Å². The molecule has 2 aromatic carbocycles. The highest BCUT2D eigenvalue weighted by atomic mass is 19.4. The Morgan fingerprint density at radius 3 is 2.29 bits per heavy atom. The summed E-state index contributed by atoms with van der Waals surface area (Å²) in [7, 11) is 3.20. The number of anilines is 1. The van der Waals surface area contributed by atoms with E-state index in [1.807, 2.05) is 17.0 Å². The number of carbonyl (C=O) groups excluding carboxylic acids is 1. The minimum absolute atomic E-state index is 0.0153. The largest absolute Gasteiger partial charge is 0.497 e. The lowest BCUT2D eigenvalue weighted by Gasteiger charge is -2.48. The number of rotatable bonds is 10. The number of nitrogens with zero attached hydrogens (tertiary/aromatic N) is 3. The highest BCUT2D eigenvalue weighted by Crippen LogP contribution is 2.33. The van der Waals surface area contributed by atoms with E-state index in [1.54, 1.807) is 26.4 Å². The van der Waals surface area contributed by atoms with E-state index in [0.717, 1.165) is 50.7 Å². The number of likely N-dealkylation sites (tertiary alicyclic amines) is 1. The second-order valence-corrected chi connectivity index (χ2v) is 11.3. The first-order chi connectivity index (χ1) is 19.6. The van der Waals surface area contributed by atoms with Gasteiger partial charge in [0.25, 0.3) is 0 Å². The van der Waals surface area contributed by atoms with Crippen molar-refractivity contribution >= 4 is 11.6 Å². The standard InChI is InChI=1S/C31H43F3N4O3/c1-22(2)38-11-10-29(37-14-12-36(13-15-37)26-7-5-6-25(18-26)31(32,33)34)24(21-38)8-9-30(39)35-20-23-16-27(40-3)19-28(17-23)41-4/h5-7,16-19,22,24,29H,8-15,20-21H2,1-4H3,(H,35,39)/t24-,29+/m0/s1. The number of methoxy groups -OCH3 is 2. The summed E-state index contributed by atoms with van der Waals surface area (Å²) in [6, 6.07) is 12.0. The van der Waals surface area contributed by atoms with Crippen LogP contribution in [0.1, 0.15) is 44.2 Å². The summed E-state index contributed by atoms with van der Waals surface area (Å²) in [5.74, 6) is 1.72. The molecular formula is C31H43F3N4O3. The smallest absolute Gasteiger partial charge is 0.416 e. The zero-order valence-electron chi connectivity index (χ0n) is 24.5. The molecule has 4 rings (SSSR count). The average Bonchev–Trinajstić information content (AvgIpc) is 2.98. The summed E-state index contributed by atoms with van der Waals surface area (Å²) in [5.41, 5.74) is 0.924. The van der Waals surface area contributed by atoms with E-state index in [4.69, 9.17) is 9.47 Å². The molecule has 0 aromatic heterocycles. The number of piperidine rings is 1. The van der Waals surface area contributed by atoms with Crippen molar-refractivity contribution in [3.05, 3.63) is 53.6 Å². The second kappa shape index (κ2) is 13.8. The van der Waals surface area contributed by atoms with Gasteiger partial charge >= 0.3 is 6.18 Å². The van der Waals surface area contributed by atoms with E-state index >= 15 is 0 Å². The van der Waals surface area contributed by atoms with Gasteiger partial charge in [-0.2, -0.15) is 13.2 Å². The molecule has 226 valence electrons. The molecule has 2 aliphatic heterocycles. The molecule has 0 saturated carbocycles. The van der Waals surface area contributed by atoms with Crippen LogP contribution in [-0.2, 0) is 17.5 Å². The van der Waals surface area contributed by atoms with Gasteiger partial charge in [0.05, 0.1) is 19.8 Å². The van der Waals surface area contributed by atoms with Crippen LogP contribution < -0.4 is 19.7 Å². The quantitative estimate of drug-likeness (QED) is 0.428. The van der Waals surface area contributed by atoms with Gasteiger partial charge in [0, 0.05) is 69.5 Å². The highest BCUT2D eigenvalue weighted by Gasteiger charge is 2.36. The lowest BCUT2D eigenvalue weighted by atomic mass is 9.86. The molecular weight excluding hydrogens is 533 g/mol. The summed E-state index contributed by atoms with van der Waals surface area (Å²) < 4.78 is 50.3. The lowest BCUT2D eigenvalue weighted by Crippen LogP contribution is -2.57. The molecule has 0 bridgehead atoms. The Hall–Kier alpha value is -2.98. The number of hydrogen-bond acceptors (Lipinski definition) is 6. The van der Waals surface area contributed by atoms with Crippen molar-refractivity contribution < 1.29 is 27.4 Å². The van der Waals surface area contributed by atoms with Gasteiger partial charge in [0.15, 0.2) is 0 Å². The Balaban J connectivity index is 1.34. The molecule has 0 aliphatic carbocycles. The van der Waals surface area contributed by atoms with Crippen LogP contribution in [0.5, 0.6) is 11.5 Å². The number of piperazine rings is 1. The monoisotopic (exact) mass is 576 g/mol. The molecule has 2 saturated heterocycles. The third kappa shape index (κ3) is 8.29. The third-order valence-electron chi connectivity index (χ3n) is 8.42. The number of alkyl halides is 3. The number of amides is 1. The van der Waals surface area contributed by atoms with Crippen molar-refractivity contribution in [1.82, 2.24) is 15.1 Å². The maximum atomic E-state index is 13.2. The van der Waals surface area contributed by atoms with Gasteiger partial charge in [0.2, 0.25) is 5.91 Å². The fourth-order valence-corrected chi connectivity index (χ4v) is 6.05. The topological polar surface area (TPSA) is 57.3 Å². The molecule has 2 atom stereocenters. The van der Waals surface area contributed by atoms with Crippen molar-refractivity contribution in [2.75, 3.05) is 58.4 Å². The minimum Gasteiger partial charge on any atom is -0.497 e. The van der Waals surface area contributed by atoms with Crippen LogP contribution in [0.25, 0.3) is 0 Å². The number of benzene rings is 2. The Morgan fingerprint density at radius 1 is 1.00 bits per heavy atom. The SMILES string of the molecule is COc1cc(CNC(=O)CC[C@H]2CN(C(C)C)CC[C@H]2N2CCN(c3cccc(C(F)(F)F)c3)CC2)cc(OC)c1. The van der Waals surface area contributed by atoms with E-state index < -0.39 is 11.7 Å². The molecule has 10 heteroatoms. The van der Waals surface area contributed by atoms with Crippen LogP contribution in [0.4, 0.5) is 18.9 Å². The summed E-state index contributed by atoms with van der Waals surface area (Å²) in [4.78, 5) is 19.9. The number of ether oxygens (including phenoxy) is 2. The van der Waals surface area contributed by atoms with E-state index in [9.17, 15) is 18.0 Å². The molecule has 2 heterocycles. The first-order valence-electron chi connectivity index (χ1n) is 14.5. The molecule has 1 N–H and O–H groups in total. The van der Waals surface area contributed by atoms with Crippen molar-refractivity contribution in [2.24, 2.45) is 5.92 Å². The summed E-state index contributed by atoms with van der Waals surface area (Å²) in [6.07, 6.45) is -2.09. The van der Waals surface area contributed by atoms with Gasteiger partial charge in [-0.05, 0) is 75.0 Å². The van der Waals surface area contributed by atoms with Gasteiger partial charge in [-0.1, -0.05) is 6.07 Å². The van der Waals surface area contributed by atoms with Crippen LogP contribution in [0, 0.1) is 5.92 Å². The molecule has 0 unspecified atom stereocenters. The molecule has 0 radical (unpaired) electrons. The Labute approximate surface area is 241 Å². The zero-order chi connectivity index (χ0) is 29.6. The van der Waals surface area contributed by atoms with Gasteiger partial charge < -0.3 is 24.6 Å². The first-order valence-corrected chi connectivity index (χ1v) is 14.5. The second-order valence-electron chi connectivity index (χ2n) is 11.3. The molecule has 2 fully saturated rings. The van der Waals surface area contributed by atoms with E-state index in [-0.39, 0.29) is 5.91 Å². The van der Waals surface area contributed by atoms with E-state index in [1.165, 1.54) is 12.1 Å². The number of halogens is 3. The van der Waals surface area contributed by atoms with E-state index in [2.05, 4.69) is 29.0 Å². The van der Waals surface area contributed by atoms with Crippen LogP contribution >= 0.6 is 0 Å². The third-order valence-corrected chi connectivity index (χ3v) is 8.42. The Bertz CT molecular complexity index is 1130. The first kappa shape index (κ1) is 31.0.